The van der Waals surface area contributed by atoms with Crippen LogP contribution < -0.4 is 25.5 Å². The van der Waals surface area contributed by atoms with Gasteiger partial charge in [-0.1, -0.05) is 137 Å². The van der Waals surface area contributed by atoms with Crippen molar-refractivity contribution in [3.8, 4) is 22.3 Å². The van der Waals surface area contributed by atoms with E-state index < -0.39 is 0 Å². The van der Waals surface area contributed by atoms with Gasteiger partial charge in [0.25, 0.3) is 6.71 Å². The lowest BCUT2D eigenvalue weighted by Gasteiger charge is -2.48. The molecule has 0 saturated carbocycles. The van der Waals surface area contributed by atoms with Gasteiger partial charge in [0.05, 0.1) is 11.4 Å². The van der Waals surface area contributed by atoms with Crippen LogP contribution in [0.5, 0.6) is 0 Å². The minimum Gasteiger partial charge on any atom is -0.311 e. The van der Waals surface area contributed by atoms with Crippen molar-refractivity contribution in [1.29, 1.82) is 0 Å². The maximum absolute atomic E-state index is 2.73. The summed E-state index contributed by atoms with van der Waals surface area (Å²) in [5.41, 5.74) is 25.4. The molecule has 0 bridgehead atoms. The SMILES string of the molecule is Cc1cc2c3c(c1)N1c4cc(-c5ccccc5)ccc4-c4c5c(cc6sc(c1c46)B3c1cc3c(cc1N2c1ccc(C(C)(C)C)cc1)C(C)(C)CCC3(C)C)C(C)(C)CCC5(C)C. The van der Waals surface area contributed by atoms with Crippen molar-refractivity contribution in [3.63, 3.8) is 0 Å². The molecule has 316 valence electrons. The summed E-state index contributed by atoms with van der Waals surface area (Å²) in [6, 6.07) is 41.0. The number of hydrogen-bond acceptors (Lipinski definition) is 3. The Morgan fingerprint density at radius 1 is 0.571 bits per heavy atom. The second kappa shape index (κ2) is 12.6. The van der Waals surface area contributed by atoms with E-state index in [9.17, 15) is 0 Å². The van der Waals surface area contributed by atoms with Gasteiger partial charge >= 0.3 is 0 Å². The summed E-state index contributed by atoms with van der Waals surface area (Å²) in [7, 11) is 0. The van der Waals surface area contributed by atoms with Crippen molar-refractivity contribution in [2.75, 3.05) is 9.80 Å². The number of aryl methyl sites for hydroxylation is 1. The largest absolute Gasteiger partial charge is 0.311 e. The van der Waals surface area contributed by atoms with Crippen LogP contribution in [0.3, 0.4) is 0 Å². The normalized spacial score (nSPS) is 19.0. The molecule has 6 aromatic carbocycles. The fraction of sp³-hybridized carbons (Fsp3) is 0.356. The van der Waals surface area contributed by atoms with Crippen LogP contribution in [-0.4, -0.2) is 6.71 Å². The molecule has 4 heteroatoms. The van der Waals surface area contributed by atoms with E-state index in [2.05, 4.69) is 207 Å². The summed E-state index contributed by atoms with van der Waals surface area (Å²) in [6.07, 6.45) is 4.76. The van der Waals surface area contributed by atoms with Crippen LogP contribution >= 0.6 is 11.3 Å². The van der Waals surface area contributed by atoms with E-state index in [0.717, 1.165) is 0 Å². The van der Waals surface area contributed by atoms with Crippen molar-refractivity contribution >= 4 is 78.0 Å². The third-order valence-electron chi connectivity index (χ3n) is 16.5. The minimum absolute atomic E-state index is 0.0506. The number of benzene rings is 6. The van der Waals surface area contributed by atoms with Gasteiger partial charge in [-0.25, -0.2) is 0 Å². The van der Waals surface area contributed by atoms with Crippen LogP contribution in [0.1, 0.15) is 135 Å². The molecular formula is C59H61BN2S. The zero-order chi connectivity index (χ0) is 43.9. The summed E-state index contributed by atoms with van der Waals surface area (Å²) >= 11 is 2.09. The fourth-order valence-corrected chi connectivity index (χ4v) is 14.0. The number of nitrogens with zero attached hydrogens (tertiary/aromatic N) is 2. The van der Waals surface area contributed by atoms with Crippen LogP contribution in [0, 0.1) is 6.92 Å². The predicted molar refractivity (Wildman–Crippen MR) is 274 cm³/mol. The van der Waals surface area contributed by atoms with Gasteiger partial charge in [-0.2, -0.15) is 0 Å². The third kappa shape index (κ3) is 5.43. The molecule has 2 nitrogen and oxygen atoms in total. The molecular weight excluding hydrogens is 780 g/mol. The quantitative estimate of drug-likeness (QED) is 0.160. The third-order valence-corrected chi connectivity index (χ3v) is 17.6. The van der Waals surface area contributed by atoms with Gasteiger partial charge in [-0.3, -0.25) is 0 Å². The van der Waals surface area contributed by atoms with E-state index in [1.54, 1.807) is 11.1 Å². The molecule has 0 N–H and O–H groups in total. The summed E-state index contributed by atoms with van der Waals surface area (Å²) in [5.74, 6) is 0. The first kappa shape index (κ1) is 39.5. The van der Waals surface area contributed by atoms with Crippen molar-refractivity contribution in [2.45, 2.75) is 136 Å². The van der Waals surface area contributed by atoms with E-state index in [-0.39, 0.29) is 33.8 Å². The topological polar surface area (TPSA) is 6.48 Å². The number of anilines is 6. The zero-order valence-corrected chi connectivity index (χ0v) is 40.3. The van der Waals surface area contributed by atoms with Crippen LogP contribution in [0.2, 0.25) is 0 Å². The molecule has 0 amide bonds. The molecule has 2 aliphatic carbocycles. The Hall–Kier alpha value is -5.06. The van der Waals surface area contributed by atoms with Gasteiger partial charge in [-0.05, 0) is 163 Å². The molecule has 4 heterocycles. The molecule has 63 heavy (non-hydrogen) atoms. The second-order valence-electron chi connectivity index (χ2n) is 23.6. The molecule has 12 rings (SSSR count). The lowest BCUT2D eigenvalue weighted by atomic mass is 9.35. The molecule has 7 aromatic rings. The van der Waals surface area contributed by atoms with Crippen molar-refractivity contribution in [2.24, 2.45) is 0 Å². The highest BCUT2D eigenvalue weighted by Crippen LogP contribution is 2.61. The molecule has 0 radical (unpaired) electrons. The van der Waals surface area contributed by atoms with Crippen molar-refractivity contribution < 1.29 is 0 Å². The maximum Gasteiger partial charge on any atom is 0.264 e. The Bertz CT molecular complexity index is 3120. The number of rotatable bonds is 2. The van der Waals surface area contributed by atoms with E-state index >= 15 is 0 Å². The van der Waals surface area contributed by atoms with Gasteiger partial charge < -0.3 is 9.80 Å². The predicted octanol–water partition coefficient (Wildman–Crippen LogP) is 14.9. The fourth-order valence-electron chi connectivity index (χ4n) is 12.6. The van der Waals surface area contributed by atoms with E-state index in [1.165, 1.54) is 130 Å². The van der Waals surface area contributed by atoms with Crippen LogP contribution in [0.4, 0.5) is 34.1 Å². The molecule has 5 aliphatic rings. The van der Waals surface area contributed by atoms with Crippen molar-refractivity contribution in [1.82, 2.24) is 0 Å². The molecule has 1 aromatic heterocycles. The average molecular weight is 841 g/mol. The van der Waals surface area contributed by atoms with E-state index in [4.69, 9.17) is 0 Å². The lowest BCUT2D eigenvalue weighted by molar-refractivity contribution is 0.332. The summed E-state index contributed by atoms with van der Waals surface area (Å²) in [5, 5.41) is 1.47. The molecule has 3 aliphatic heterocycles. The number of hydrogen-bond donors (Lipinski definition) is 0. The van der Waals surface area contributed by atoms with Crippen LogP contribution in [0.15, 0.2) is 103 Å². The molecule has 0 atom stereocenters. The van der Waals surface area contributed by atoms with E-state index in [0.29, 0.717) is 0 Å². The average Bonchev–Trinajstić information content (AvgIpc) is 3.62. The Balaban J connectivity index is 1.23. The monoisotopic (exact) mass is 840 g/mol. The first-order chi connectivity index (χ1) is 29.7. The first-order valence-corrected chi connectivity index (χ1v) is 24.5. The second-order valence-corrected chi connectivity index (χ2v) is 24.7. The smallest absolute Gasteiger partial charge is 0.264 e. The highest BCUT2D eigenvalue weighted by molar-refractivity contribution is 7.34. The zero-order valence-electron chi connectivity index (χ0n) is 39.5. The summed E-state index contributed by atoms with van der Waals surface area (Å²) in [6.45, 7) is 29.4. The minimum atomic E-state index is 0.0506. The molecule has 0 spiro atoms. The van der Waals surface area contributed by atoms with Crippen LogP contribution in [0.25, 0.3) is 32.3 Å². The first-order valence-electron chi connectivity index (χ1n) is 23.6. The standard InChI is InChI=1S/C59H61BN2S/c1-34-28-46-52-47(29-34)62-44-30-36(35-16-14-13-15-17-35)18-23-39(44)49-50-48(33-42-51(49)59(11,12)27-26-58(42,9)10)63-54(53(50)62)60(52)43-31-40-41(57(7,8)25-24-56(40,5)6)32-45(43)61(46)38-21-19-37(20-22-38)55(2,3)4/h13-23,28-33H,24-27H2,1-12H3. The highest BCUT2D eigenvalue weighted by Gasteiger charge is 2.51. The maximum atomic E-state index is 2.73. The lowest BCUT2D eigenvalue weighted by Crippen LogP contribution is -2.61. The van der Waals surface area contributed by atoms with Gasteiger partial charge in [0.15, 0.2) is 0 Å². The Morgan fingerprint density at radius 2 is 1.19 bits per heavy atom. The highest BCUT2D eigenvalue weighted by atomic mass is 32.1. The van der Waals surface area contributed by atoms with Crippen LogP contribution in [-0.2, 0) is 27.1 Å². The molecule has 0 saturated heterocycles. The van der Waals surface area contributed by atoms with E-state index in [1.807, 2.05) is 0 Å². The molecule has 0 unspecified atom stereocenters. The van der Waals surface area contributed by atoms with Gasteiger partial charge in [0.2, 0.25) is 0 Å². The molecule has 0 fully saturated rings. The number of thiophene rings is 1. The number of fused-ring (bicyclic) bond motifs is 10. The van der Waals surface area contributed by atoms with Gasteiger partial charge in [0, 0.05) is 43.2 Å². The Morgan fingerprint density at radius 3 is 1.86 bits per heavy atom. The van der Waals surface area contributed by atoms with Gasteiger partial charge in [-0.15, -0.1) is 11.3 Å². The summed E-state index contributed by atoms with van der Waals surface area (Å²) in [4.78, 5) is 5.39. The Labute approximate surface area is 380 Å². The Kier molecular flexibility index (Phi) is 7.90. The van der Waals surface area contributed by atoms with Crippen molar-refractivity contribution in [3.05, 3.63) is 137 Å². The summed E-state index contributed by atoms with van der Waals surface area (Å²) < 4.78 is 2.93. The van der Waals surface area contributed by atoms with Gasteiger partial charge in [0.1, 0.15) is 0 Å².